The quantitative estimate of drug-likeness (QED) is 0.899. The molecule has 3 N–H and O–H groups in total. The van der Waals surface area contributed by atoms with Gasteiger partial charge in [0.05, 0.1) is 24.8 Å². The van der Waals surface area contributed by atoms with Crippen LogP contribution in [0.3, 0.4) is 0 Å². The summed E-state index contributed by atoms with van der Waals surface area (Å²) in [6, 6.07) is 2.29. The fourth-order valence-electron chi connectivity index (χ4n) is 1.62. The highest BCUT2D eigenvalue weighted by molar-refractivity contribution is 5.85. The molecule has 1 rings (SSSR count). The van der Waals surface area contributed by atoms with Crippen LogP contribution in [-0.4, -0.2) is 18.3 Å². The maximum atomic E-state index is 12.5. The molecule has 2 atom stereocenters. The highest BCUT2D eigenvalue weighted by Crippen LogP contribution is 2.35. The third-order valence-electron chi connectivity index (χ3n) is 2.75. The topological polar surface area (TPSA) is 55.5 Å². The first-order chi connectivity index (χ1) is 8.31. The van der Waals surface area contributed by atoms with Crippen LogP contribution in [-0.2, 0) is 6.18 Å². The number of nitrogens with two attached hydrogens (primary N) is 1. The molecule has 7 heteroatoms. The molecule has 0 radical (unpaired) electrons. The molecule has 3 nitrogen and oxygen atoms in total. The first-order valence-corrected chi connectivity index (χ1v) is 5.50. The summed E-state index contributed by atoms with van der Waals surface area (Å²) in [4.78, 5) is 0. The number of ether oxygens (including phenoxy) is 1. The highest BCUT2D eigenvalue weighted by atomic mass is 35.5. The SMILES string of the molecule is CC[C@@H](O)[C@@H](N)c1ccc(C(F)(F)F)cc1OC.Cl. The van der Waals surface area contributed by atoms with E-state index >= 15 is 0 Å². The van der Waals surface area contributed by atoms with E-state index in [2.05, 4.69) is 0 Å². The smallest absolute Gasteiger partial charge is 0.416 e. The van der Waals surface area contributed by atoms with Crippen LogP contribution in [0.4, 0.5) is 13.2 Å². The average molecular weight is 300 g/mol. The summed E-state index contributed by atoms with van der Waals surface area (Å²) in [5.41, 5.74) is 5.33. The fourth-order valence-corrected chi connectivity index (χ4v) is 1.62. The first kappa shape index (κ1) is 18.0. The second kappa shape index (κ2) is 6.98. The van der Waals surface area contributed by atoms with Crippen molar-refractivity contribution in [2.75, 3.05) is 7.11 Å². The van der Waals surface area contributed by atoms with Crippen molar-refractivity contribution in [2.24, 2.45) is 5.73 Å². The number of halogens is 4. The van der Waals surface area contributed by atoms with Gasteiger partial charge in [-0.1, -0.05) is 13.0 Å². The Morgan fingerprint density at radius 3 is 2.37 bits per heavy atom. The van der Waals surface area contributed by atoms with Crippen LogP contribution >= 0.6 is 12.4 Å². The highest BCUT2D eigenvalue weighted by Gasteiger charge is 2.32. The average Bonchev–Trinajstić information content (AvgIpc) is 2.35. The standard InChI is InChI=1S/C12H16F3NO2.ClH/c1-3-9(17)11(16)8-5-4-7(12(13,14)15)6-10(8)18-2;/h4-6,9,11,17H,3,16H2,1-2H3;1H/t9-,11+;/m1./s1. The Labute approximate surface area is 116 Å². The Bertz CT molecular complexity index is 412. The van der Waals surface area contributed by atoms with Gasteiger partial charge in [0, 0.05) is 5.56 Å². The molecule has 0 fully saturated rings. The van der Waals surface area contributed by atoms with E-state index in [9.17, 15) is 18.3 Å². The Morgan fingerprint density at radius 1 is 1.37 bits per heavy atom. The van der Waals surface area contributed by atoms with Crippen LogP contribution < -0.4 is 10.5 Å². The van der Waals surface area contributed by atoms with Gasteiger partial charge in [-0.25, -0.2) is 0 Å². The summed E-state index contributed by atoms with van der Waals surface area (Å²) in [6.07, 6.45) is -4.85. The van der Waals surface area contributed by atoms with Gasteiger partial charge in [0.1, 0.15) is 5.75 Å². The van der Waals surface area contributed by atoms with Crippen LogP contribution in [0.2, 0.25) is 0 Å². The number of methoxy groups -OCH3 is 1. The molecule has 0 unspecified atom stereocenters. The van der Waals surface area contributed by atoms with Crippen molar-refractivity contribution in [1.29, 1.82) is 0 Å². The number of aliphatic hydroxyl groups is 1. The number of benzene rings is 1. The molecule has 0 spiro atoms. The van der Waals surface area contributed by atoms with Gasteiger partial charge in [0.2, 0.25) is 0 Å². The number of hydrogen-bond acceptors (Lipinski definition) is 3. The van der Waals surface area contributed by atoms with Crippen LogP contribution in [0, 0.1) is 0 Å². The summed E-state index contributed by atoms with van der Waals surface area (Å²) < 4.78 is 42.5. The lowest BCUT2D eigenvalue weighted by Gasteiger charge is -2.21. The van der Waals surface area contributed by atoms with Crippen LogP contribution in [0.15, 0.2) is 18.2 Å². The maximum absolute atomic E-state index is 12.5. The van der Waals surface area contributed by atoms with Crippen LogP contribution in [0.25, 0.3) is 0 Å². The number of alkyl halides is 3. The van der Waals surface area contributed by atoms with Gasteiger partial charge >= 0.3 is 6.18 Å². The van der Waals surface area contributed by atoms with Gasteiger partial charge in [0.15, 0.2) is 0 Å². The van der Waals surface area contributed by atoms with Crippen molar-refractivity contribution in [3.05, 3.63) is 29.3 Å². The van der Waals surface area contributed by atoms with Crippen molar-refractivity contribution in [1.82, 2.24) is 0 Å². The van der Waals surface area contributed by atoms with Gasteiger partial charge < -0.3 is 15.6 Å². The predicted molar refractivity (Wildman–Crippen MR) is 68.5 cm³/mol. The minimum atomic E-state index is -4.43. The largest absolute Gasteiger partial charge is 0.496 e. The van der Waals surface area contributed by atoms with Gasteiger partial charge in [-0.2, -0.15) is 13.2 Å². The molecule has 0 amide bonds. The zero-order valence-corrected chi connectivity index (χ0v) is 11.4. The molecule has 110 valence electrons. The van der Waals surface area contributed by atoms with E-state index in [0.717, 1.165) is 12.1 Å². The summed E-state index contributed by atoms with van der Waals surface area (Å²) in [7, 11) is 1.27. The van der Waals surface area contributed by atoms with Crippen molar-refractivity contribution >= 4 is 12.4 Å². The van der Waals surface area contributed by atoms with Gasteiger partial charge in [-0.15, -0.1) is 12.4 Å². The van der Waals surface area contributed by atoms with E-state index in [1.54, 1.807) is 6.92 Å². The molecule has 0 saturated carbocycles. The summed E-state index contributed by atoms with van der Waals surface area (Å²) in [5.74, 6) is 0.0322. The fraction of sp³-hybridized carbons (Fsp3) is 0.500. The van der Waals surface area contributed by atoms with E-state index in [1.165, 1.54) is 13.2 Å². The van der Waals surface area contributed by atoms with Crippen molar-refractivity contribution in [2.45, 2.75) is 31.7 Å². The second-order valence-corrected chi connectivity index (χ2v) is 3.96. The molecule has 0 saturated heterocycles. The Balaban J connectivity index is 0.00000324. The summed E-state index contributed by atoms with van der Waals surface area (Å²) >= 11 is 0. The van der Waals surface area contributed by atoms with E-state index in [-0.39, 0.29) is 18.2 Å². The van der Waals surface area contributed by atoms with Gasteiger partial charge in [-0.3, -0.25) is 0 Å². The third kappa shape index (κ3) is 4.26. The summed E-state index contributed by atoms with van der Waals surface area (Å²) in [6.45, 7) is 1.74. The molecule has 0 aliphatic rings. The van der Waals surface area contributed by atoms with Crippen molar-refractivity contribution in [3.8, 4) is 5.75 Å². The molecule has 1 aromatic rings. The molecule has 19 heavy (non-hydrogen) atoms. The lowest BCUT2D eigenvalue weighted by Crippen LogP contribution is -2.26. The molecule has 0 aliphatic heterocycles. The van der Waals surface area contributed by atoms with Crippen LogP contribution in [0.1, 0.15) is 30.5 Å². The second-order valence-electron chi connectivity index (χ2n) is 3.96. The van der Waals surface area contributed by atoms with Gasteiger partial charge in [-0.05, 0) is 18.6 Å². The Morgan fingerprint density at radius 2 is 1.95 bits per heavy atom. The lowest BCUT2D eigenvalue weighted by molar-refractivity contribution is -0.137. The molecule has 0 heterocycles. The maximum Gasteiger partial charge on any atom is 0.416 e. The molecule has 0 aliphatic carbocycles. The molecular weight excluding hydrogens is 283 g/mol. The van der Waals surface area contributed by atoms with E-state index in [0.29, 0.717) is 12.0 Å². The van der Waals surface area contributed by atoms with E-state index in [4.69, 9.17) is 10.5 Å². The Kier molecular flexibility index (Phi) is 6.62. The molecule has 1 aromatic carbocycles. The number of aliphatic hydroxyl groups excluding tert-OH is 1. The van der Waals surface area contributed by atoms with Crippen LogP contribution in [0.5, 0.6) is 5.75 Å². The minimum absolute atomic E-state index is 0. The van der Waals surface area contributed by atoms with Crippen molar-refractivity contribution in [3.63, 3.8) is 0 Å². The predicted octanol–water partition coefficient (Wildman–Crippen LogP) is 2.91. The Hall–Kier alpha value is -0.980. The monoisotopic (exact) mass is 299 g/mol. The first-order valence-electron chi connectivity index (χ1n) is 5.50. The molecule has 0 bridgehead atoms. The third-order valence-corrected chi connectivity index (χ3v) is 2.75. The van der Waals surface area contributed by atoms with E-state index < -0.39 is 23.9 Å². The molecule has 0 aromatic heterocycles. The molecular formula is C12H17ClF3NO2. The minimum Gasteiger partial charge on any atom is -0.496 e. The van der Waals surface area contributed by atoms with Crippen molar-refractivity contribution < 1.29 is 23.0 Å². The lowest BCUT2D eigenvalue weighted by atomic mass is 9.98. The zero-order chi connectivity index (χ0) is 13.9. The number of rotatable bonds is 4. The zero-order valence-electron chi connectivity index (χ0n) is 10.6. The normalized spacial score (nSPS) is 14.5. The van der Waals surface area contributed by atoms with E-state index in [1.807, 2.05) is 0 Å². The number of hydrogen-bond donors (Lipinski definition) is 2. The van der Waals surface area contributed by atoms with Gasteiger partial charge in [0.25, 0.3) is 0 Å². The summed E-state index contributed by atoms with van der Waals surface area (Å²) in [5, 5.41) is 9.63.